The second kappa shape index (κ2) is 6.50. The number of fused-ring (bicyclic) bond motifs is 1. The number of rotatable bonds is 4. The highest BCUT2D eigenvalue weighted by molar-refractivity contribution is 5.88. The van der Waals surface area contributed by atoms with Crippen molar-refractivity contribution >= 4 is 11.6 Å². The van der Waals surface area contributed by atoms with Crippen LogP contribution in [-0.2, 0) is 11.3 Å². The van der Waals surface area contributed by atoms with E-state index in [9.17, 15) is 4.79 Å². The summed E-state index contributed by atoms with van der Waals surface area (Å²) in [6.45, 7) is 6.53. The molecule has 1 aromatic carbocycles. The molecule has 2 heterocycles. The summed E-state index contributed by atoms with van der Waals surface area (Å²) in [7, 11) is 0. The van der Waals surface area contributed by atoms with E-state index in [2.05, 4.69) is 33.7 Å². The van der Waals surface area contributed by atoms with Crippen LogP contribution < -0.4 is 10.6 Å². The fourth-order valence-electron chi connectivity index (χ4n) is 3.11. The first-order valence-electron chi connectivity index (χ1n) is 8.08. The molecule has 6 heteroatoms. The van der Waals surface area contributed by atoms with Crippen molar-refractivity contribution in [2.24, 2.45) is 0 Å². The van der Waals surface area contributed by atoms with Crippen LogP contribution in [0.5, 0.6) is 0 Å². The SMILES string of the molecule is CC(=O)Nc1cccc([C@@H](C)N[C@H]2CCCn3nc(C)nc32)c1. The molecule has 0 fully saturated rings. The Hall–Kier alpha value is -2.21. The molecule has 0 radical (unpaired) electrons. The minimum absolute atomic E-state index is 0.0568. The van der Waals surface area contributed by atoms with Gasteiger partial charge < -0.3 is 10.6 Å². The molecule has 1 aliphatic rings. The van der Waals surface area contributed by atoms with Gasteiger partial charge in [0, 0.05) is 25.2 Å². The molecule has 0 bridgehead atoms. The van der Waals surface area contributed by atoms with Crippen LogP contribution in [0.15, 0.2) is 24.3 Å². The summed E-state index contributed by atoms with van der Waals surface area (Å²) < 4.78 is 2.01. The number of benzene rings is 1. The highest BCUT2D eigenvalue weighted by atomic mass is 16.1. The monoisotopic (exact) mass is 313 g/mol. The van der Waals surface area contributed by atoms with E-state index in [-0.39, 0.29) is 18.0 Å². The summed E-state index contributed by atoms with van der Waals surface area (Å²) in [6.07, 6.45) is 2.17. The molecule has 0 saturated carbocycles. The van der Waals surface area contributed by atoms with E-state index in [1.807, 2.05) is 29.8 Å². The van der Waals surface area contributed by atoms with Gasteiger partial charge in [0.25, 0.3) is 0 Å². The molecule has 122 valence electrons. The molecular weight excluding hydrogens is 290 g/mol. The van der Waals surface area contributed by atoms with Crippen molar-refractivity contribution in [2.75, 3.05) is 5.32 Å². The van der Waals surface area contributed by atoms with Crippen molar-refractivity contribution in [1.82, 2.24) is 20.1 Å². The molecule has 6 nitrogen and oxygen atoms in total. The Balaban J connectivity index is 1.75. The third kappa shape index (κ3) is 3.59. The Kier molecular flexibility index (Phi) is 4.43. The number of hydrogen-bond donors (Lipinski definition) is 2. The van der Waals surface area contributed by atoms with E-state index in [4.69, 9.17) is 0 Å². The lowest BCUT2D eigenvalue weighted by Gasteiger charge is -2.27. The molecule has 0 unspecified atom stereocenters. The standard InChI is InChI=1S/C17H23N5O/c1-11(14-6-4-7-15(10-14)20-13(3)23)18-16-8-5-9-22-17(16)19-12(2)21-22/h4,6-7,10-11,16,18H,5,8-9H2,1-3H3,(H,20,23)/t11-,16+/m1/s1. The first-order chi connectivity index (χ1) is 11.0. The predicted molar refractivity (Wildman–Crippen MR) is 89.0 cm³/mol. The van der Waals surface area contributed by atoms with Crippen LogP contribution in [-0.4, -0.2) is 20.7 Å². The lowest BCUT2D eigenvalue weighted by Crippen LogP contribution is -2.30. The van der Waals surface area contributed by atoms with Gasteiger partial charge in [0.2, 0.25) is 5.91 Å². The number of hydrogen-bond acceptors (Lipinski definition) is 4. The predicted octanol–water partition coefficient (Wildman–Crippen LogP) is 2.73. The van der Waals surface area contributed by atoms with Crippen LogP contribution >= 0.6 is 0 Å². The van der Waals surface area contributed by atoms with Gasteiger partial charge >= 0.3 is 0 Å². The van der Waals surface area contributed by atoms with E-state index in [1.54, 1.807) is 0 Å². The Morgan fingerprint density at radius 2 is 2.26 bits per heavy atom. The minimum Gasteiger partial charge on any atom is -0.326 e. The van der Waals surface area contributed by atoms with Crippen molar-refractivity contribution in [3.05, 3.63) is 41.5 Å². The third-order valence-corrected chi connectivity index (χ3v) is 4.14. The zero-order valence-electron chi connectivity index (χ0n) is 13.8. The molecule has 2 aromatic rings. The van der Waals surface area contributed by atoms with Crippen molar-refractivity contribution < 1.29 is 4.79 Å². The van der Waals surface area contributed by atoms with Gasteiger partial charge in [0.15, 0.2) is 0 Å². The van der Waals surface area contributed by atoms with Crippen LogP contribution in [0.2, 0.25) is 0 Å². The summed E-state index contributed by atoms with van der Waals surface area (Å²) in [5, 5.41) is 10.9. The minimum atomic E-state index is -0.0568. The largest absolute Gasteiger partial charge is 0.326 e. The summed E-state index contributed by atoms with van der Waals surface area (Å²) in [5.74, 6) is 1.80. The highest BCUT2D eigenvalue weighted by Crippen LogP contribution is 2.27. The second-order valence-corrected chi connectivity index (χ2v) is 6.13. The maximum absolute atomic E-state index is 11.2. The Morgan fingerprint density at radius 1 is 1.43 bits per heavy atom. The number of carbonyl (C=O) groups excluding carboxylic acids is 1. The average Bonchev–Trinajstić information content (AvgIpc) is 2.88. The van der Waals surface area contributed by atoms with Gasteiger partial charge in [-0.1, -0.05) is 12.1 Å². The fraction of sp³-hybridized carbons (Fsp3) is 0.471. The van der Waals surface area contributed by atoms with Gasteiger partial charge in [-0.25, -0.2) is 9.67 Å². The maximum atomic E-state index is 11.2. The van der Waals surface area contributed by atoms with Crippen LogP contribution in [0.25, 0.3) is 0 Å². The lowest BCUT2D eigenvalue weighted by atomic mass is 10.0. The molecule has 2 N–H and O–H groups in total. The van der Waals surface area contributed by atoms with Gasteiger partial charge in [-0.05, 0) is 44.4 Å². The van der Waals surface area contributed by atoms with Gasteiger partial charge in [-0.2, -0.15) is 5.10 Å². The number of aryl methyl sites for hydroxylation is 2. The highest BCUT2D eigenvalue weighted by Gasteiger charge is 2.25. The number of amides is 1. The van der Waals surface area contributed by atoms with Crippen molar-refractivity contribution in [3.8, 4) is 0 Å². The van der Waals surface area contributed by atoms with Gasteiger partial charge in [0.05, 0.1) is 6.04 Å². The normalized spacial score (nSPS) is 18.3. The smallest absolute Gasteiger partial charge is 0.221 e. The van der Waals surface area contributed by atoms with Crippen LogP contribution in [0.1, 0.15) is 56.0 Å². The van der Waals surface area contributed by atoms with E-state index < -0.39 is 0 Å². The molecule has 1 aliphatic heterocycles. The summed E-state index contributed by atoms with van der Waals surface area (Å²) >= 11 is 0. The zero-order valence-corrected chi connectivity index (χ0v) is 13.8. The number of nitrogens with one attached hydrogen (secondary N) is 2. The summed E-state index contributed by atoms with van der Waals surface area (Å²) in [4.78, 5) is 15.8. The Morgan fingerprint density at radius 3 is 3.04 bits per heavy atom. The van der Waals surface area contributed by atoms with Crippen LogP contribution in [0, 0.1) is 6.92 Å². The lowest BCUT2D eigenvalue weighted by molar-refractivity contribution is -0.114. The fourth-order valence-corrected chi connectivity index (χ4v) is 3.11. The Bertz CT molecular complexity index is 709. The first kappa shape index (κ1) is 15.7. The van der Waals surface area contributed by atoms with Crippen molar-refractivity contribution in [3.63, 3.8) is 0 Å². The van der Waals surface area contributed by atoms with Crippen LogP contribution in [0.4, 0.5) is 5.69 Å². The molecule has 23 heavy (non-hydrogen) atoms. The maximum Gasteiger partial charge on any atom is 0.221 e. The van der Waals surface area contributed by atoms with Gasteiger partial charge in [0.1, 0.15) is 11.6 Å². The molecule has 0 saturated heterocycles. The number of carbonyl (C=O) groups is 1. The molecule has 3 rings (SSSR count). The molecular formula is C17H23N5O. The quantitative estimate of drug-likeness (QED) is 0.910. The Labute approximate surface area is 136 Å². The number of nitrogens with zero attached hydrogens (tertiary/aromatic N) is 3. The van der Waals surface area contributed by atoms with Gasteiger partial charge in [-0.3, -0.25) is 4.79 Å². The molecule has 1 aromatic heterocycles. The number of aromatic nitrogens is 3. The van der Waals surface area contributed by atoms with E-state index in [0.29, 0.717) is 0 Å². The van der Waals surface area contributed by atoms with E-state index in [0.717, 1.165) is 42.3 Å². The van der Waals surface area contributed by atoms with Gasteiger partial charge in [-0.15, -0.1) is 0 Å². The summed E-state index contributed by atoms with van der Waals surface area (Å²) in [5.41, 5.74) is 1.97. The first-order valence-corrected chi connectivity index (χ1v) is 8.08. The topological polar surface area (TPSA) is 71.8 Å². The van der Waals surface area contributed by atoms with Crippen molar-refractivity contribution in [1.29, 1.82) is 0 Å². The average molecular weight is 313 g/mol. The van der Waals surface area contributed by atoms with Crippen LogP contribution in [0.3, 0.4) is 0 Å². The molecule has 1 amide bonds. The zero-order chi connectivity index (χ0) is 16.4. The molecule has 0 aliphatic carbocycles. The number of anilines is 1. The molecule has 0 spiro atoms. The summed E-state index contributed by atoms with van der Waals surface area (Å²) in [6, 6.07) is 8.33. The second-order valence-electron chi connectivity index (χ2n) is 6.13. The van der Waals surface area contributed by atoms with E-state index in [1.165, 1.54) is 6.92 Å². The molecule has 2 atom stereocenters. The third-order valence-electron chi connectivity index (χ3n) is 4.14. The van der Waals surface area contributed by atoms with E-state index >= 15 is 0 Å². The van der Waals surface area contributed by atoms with Crippen molar-refractivity contribution in [2.45, 2.75) is 52.2 Å².